The molecule has 0 saturated carbocycles. The van der Waals surface area contributed by atoms with Crippen molar-refractivity contribution in [1.29, 1.82) is 5.41 Å². The van der Waals surface area contributed by atoms with Crippen LogP contribution in [-0.2, 0) is 0 Å². The summed E-state index contributed by atoms with van der Waals surface area (Å²) >= 11 is 12.2. The number of imidazole rings is 1. The molecular formula is C22H22Cl2N6O. The van der Waals surface area contributed by atoms with Crippen molar-refractivity contribution in [3.05, 3.63) is 58.0 Å². The standard InChI is InChI=1S/C22H22Cl2N6O/c1-28-6-8-29(9-7-28)13-3-5-17-18(11-13)27-22(26-17)20-19(31)12-30(21(20)25)14-2-4-15(23)16(24)10-14/h2-5,10-11,25,31H,6-9,12H2,1H3,(H,26,27). The van der Waals surface area contributed by atoms with E-state index in [-0.39, 0.29) is 18.1 Å². The topological polar surface area (TPSA) is 82.5 Å². The first-order chi connectivity index (χ1) is 14.9. The average Bonchev–Trinajstić information content (AvgIpc) is 3.29. The van der Waals surface area contributed by atoms with Gasteiger partial charge in [0.25, 0.3) is 0 Å². The molecule has 0 amide bonds. The van der Waals surface area contributed by atoms with Crippen molar-refractivity contribution >= 4 is 57.0 Å². The van der Waals surface area contributed by atoms with E-state index in [4.69, 9.17) is 28.6 Å². The normalized spacial score (nSPS) is 18.0. The van der Waals surface area contributed by atoms with Gasteiger partial charge >= 0.3 is 0 Å². The summed E-state index contributed by atoms with van der Waals surface area (Å²) in [5, 5.41) is 20.1. The smallest absolute Gasteiger partial charge is 0.145 e. The summed E-state index contributed by atoms with van der Waals surface area (Å²) < 4.78 is 0. The third kappa shape index (κ3) is 3.63. The zero-order valence-corrected chi connectivity index (χ0v) is 18.5. The molecule has 160 valence electrons. The molecule has 1 saturated heterocycles. The molecule has 3 heterocycles. The second-order valence-electron chi connectivity index (χ2n) is 7.93. The Morgan fingerprint density at radius 1 is 1.00 bits per heavy atom. The number of nitrogens with zero attached hydrogens (tertiary/aromatic N) is 4. The van der Waals surface area contributed by atoms with Crippen molar-refractivity contribution in [2.24, 2.45) is 0 Å². The minimum absolute atomic E-state index is 0.0921. The van der Waals surface area contributed by atoms with E-state index in [1.54, 1.807) is 23.1 Å². The van der Waals surface area contributed by atoms with Crippen LogP contribution in [0.3, 0.4) is 0 Å². The number of H-pyrrole nitrogens is 1. The lowest BCUT2D eigenvalue weighted by molar-refractivity contribution is 0.313. The van der Waals surface area contributed by atoms with Gasteiger partial charge in [0.2, 0.25) is 0 Å². The molecule has 0 bridgehead atoms. The second-order valence-corrected chi connectivity index (χ2v) is 8.75. The van der Waals surface area contributed by atoms with E-state index >= 15 is 0 Å². The number of nitrogens with one attached hydrogen (secondary N) is 2. The number of fused-ring (bicyclic) bond motifs is 1. The van der Waals surface area contributed by atoms with E-state index < -0.39 is 0 Å². The SMILES string of the molecule is CN1CCN(c2ccc3nc(C4=C(O)CN(c5ccc(Cl)c(Cl)c5)C4=N)[nH]c3c2)CC1. The van der Waals surface area contributed by atoms with Gasteiger partial charge in [-0.3, -0.25) is 5.41 Å². The average molecular weight is 457 g/mol. The molecule has 3 aromatic rings. The summed E-state index contributed by atoms with van der Waals surface area (Å²) in [6, 6.07) is 11.3. The molecule has 3 N–H and O–H groups in total. The Hall–Kier alpha value is -2.74. The van der Waals surface area contributed by atoms with E-state index in [1.807, 2.05) is 6.07 Å². The fourth-order valence-electron chi connectivity index (χ4n) is 4.08. The number of aromatic amines is 1. The number of hydrogen-bond acceptors (Lipinski definition) is 5. The predicted octanol–water partition coefficient (Wildman–Crippen LogP) is 4.39. The van der Waals surface area contributed by atoms with E-state index in [9.17, 15) is 5.11 Å². The van der Waals surface area contributed by atoms with Gasteiger partial charge in [-0.2, -0.15) is 0 Å². The number of halogens is 2. The van der Waals surface area contributed by atoms with Crippen LogP contribution in [0.25, 0.3) is 16.6 Å². The van der Waals surface area contributed by atoms with Crippen LogP contribution >= 0.6 is 23.2 Å². The Morgan fingerprint density at radius 2 is 1.74 bits per heavy atom. The number of benzene rings is 2. The van der Waals surface area contributed by atoms with E-state index in [2.05, 4.69) is 38.9 Å². The van der Waals surface area contributed by atoms with Gasteiger partial charge < -0.3 is 24.8 Å². The molecule has 0 unspecified atom stereocenters. The Kier molecular flexibility index (Phi) is 5.04. The Morgan fingerprint density at radius 3 is 2.48 bits per heavy atom. The van der Waals surface area contributed by atoms with Crippen LogP contribution < -0.4 is 9.80 Å². The summed E-state index contributed by atoms with van der Waals surface area (Å²) in [6.07, 6.45) is 0. The molecule has 2 aliphatic rings. The van der Waals surface area contributed by atoms with Gasteiger partial charge in [0, 0.05) is 37.6 Å². The van der Waals surface area contributed by atoms with Crippen molar-refractivity contribution in [3.63, 3.8) is 0 Å². The summed E-state index contributed by atoms with van der Waals surface area (Å²) in [5.74, 6) is 0.735. The lowest BCUT2D eigenvalue weighted by atomic mass is 10.2. The maximum atomic E-state index is 10.6. The number of aliphatic hydroxyl groups is 1. The second kappa shape index (κ2) is 7.75. The van der Waals surface area contributed by atoms with Crippen molar-refractivity contribution in [2.45, 2.75) is 0 Å². The number of anilines is 2. The predicted molar refractivity (Wildman–Crippen MR) is 127 cm³/mol. The highest BCUT2D eigenvalue weighted by Gasteiger charge is 2.31. The Labute approximate surface area is 190 Å². The lowest BCUT2D eigenvalue weighted by Crippen LogP contribution is -2.44. The largest absolute Gasteiger partial charge is 0.509 e. The summed E-state index contributed by atoms with van der Waals surface area (Å²) in [4.78, 5) is 14.3. The van der Waals surface area contributed by atoms with Gasteiger partial charge in [-0.1, -0.05) is 23.2 Å². The number of likely N-dealkylation sites (N-methyl/N-ethyl adjacent to an activating group) is 1. The number of piperazine rings is 1. The molecule has 0 spiro atoms. The van der Waals surface area contributed by atoms with Crippen LogP contribution in [0.5, 0.6) is 0 Å². The minimum Gasteiger partial charge on any atom is -0.509 e. The van der Waals surface area contributed by atoms with Gasteiger partial charge in [-0.15, -0.1) is 0 Å². The first-order valence-corrected chi connectivity index (χ1v) is 10.8. The number of aromatic nitrogens is 2. The summed E-state index contributed by atoms with van der Waals surface area (Å²) in [7, 11) is 2.14. The minimum atomic E-state index is 0.0921. The van der Waals surface area contributed by atoms with Gasteiger partial charge in [0.15, 0.2) is 0 Å². The highest BCUT2D eigenvalue weighted by atomic mass is 35.5. The zero-order chi connectivity index (χ0) is 21.7. The van der Waals surface area contributed by atoms with Crippen molar-refractivity contribution < 1.29 is 5.11 Å². The molecule has 0 atom stereocenters. The molecule has 9 heteroatoms. The third-order valence-corrected chi connectivity index (χ3v) is 6.63. The molecule has 7 nitrogen and oxygen atoms in total. The van der Waals surface area contributed by atoms with Gasteiger partial charge in [0.05, 0.1) is 33.2 Å². The van der Waals surface area contributed by atoms with Crippen LogP contribution in [0, 0.1) is 5.41 Å². The quantitative estimate of drug-likeness (QED) is 0.544. The molecular weight excluding hydrogens is 435 g/mol. The van der Waals surface area contributed by atoms with Gasteiger partial charge in [0.1, 0.15) is 17.4 Å². The molecule has 2 aliphatic heterocycles. The van der Waals surface area contributed by atoms with E-state index in [0.717, 1.165) is 42.9 Å². The highest BCUT2D eigenvalue weighted by molar-refractivity contribution is 6.42. The van der Waals surface area contributed by atoms with Crippen LogP contribution in [0.15, 0.2) is 42.2 Å². The Bertz CT molecular complexity index is 1210. The molecule has 1 fully saturated rings. The molecule has 1 aromatic heterocycles. The lowest BCUT2D eigenvalue weighted by Gasteiger charge is -2.34. The number of aliphatic hydroxyl groups excluding tert-OH is 1. The third-order valence-electron chi connectivity index (χ3n) is 5.89. The summed E-state index contributed by atoms with van der Waals surface area (Å²) in [6.45, 7) is 4.22. The molecule has 5 rings (SSSR count). The van der Waals surface area contributed by atoms with Gasteiger partial charge in [-0.05, 0) is 43.4 Å². The van der Waals surface area contributed by atoms with E-state index in [1.165, 1.54) is 0 Å². The first-order valence-electron chi connectivity index (χ1n) is 10.1. The summed E-state index contributed by atoms with van der Waals surface area (Å²) in [5.41, 5.74) is 3.91. The number of amidine groups is 1. The van der Waals surface area contributed by atoms with Crippen LogP contribution in [0.2, 0.25) is 10.0 Å². The number of rotatable bonds is 3. The molecule has 2 aromatic carbocycles. The molecule has 0 aliphatic carbocycles. The first kappa shape index (κ1) is 20.2. The zero-order valence-electron chi connectivity index (χ0n) is 17.0. The maximum absolute atomic E-state index is 10.6. The van der Waals surface area contributed by atoms with Crippen LogP contribution in [0.4, 0.5) is 11.4 Å². The highest BCUT2D eigenvalue weighted by Crippen LogP contribution is 2.34. The fraction of sp³-hybridized carbons (Fsp3) is 0.273. The van der Waals surface area contributed by atoms with Crippen molar-refractivity contribution in [1.82, 2.24) is 14.9 Å². The molecule has 0 radical (unpaired) electrons. The van der Waals surface area contributed by atoms with Crippen LogP contribution in [0.1, 0.15) is 5.82 Å². The van der Waals surface area contributed by atoms with E-state index in [0.29, 0.717) is 27.1 Å². The maximum Gasteiger partial charge on any atom is 0.145 e. The van der Waals surface area contributed by atoms with Crippen LogP contribution in [-0.4, -0.2) is 65.6 Å². The molecule has 31 heavy (non-hydrogen) atoms. The monoisotopic (exact) mass is 456 g/mol. The Balaban J connectivity index is 1.44. The van der Waals surface area contributed by atoms with Gasteiger partial charge in [-0.25, -0.2) is 4.98 Å². The fourth-order valence-corrected chi connectivity index (χ4v) is 4.37. The van der Waals surface area contributed by atoms with Crippen molar-refractivity contribution in [3.8, 4) is 0 Å². The number of hydrogen-bond donors (Lipinski definition) is 3. The van der Waals surface area contributed by atoms with Crippen molar-refractivity contribution in [2.75, 3.05) is 49.6 Å².